The van der Waals surface area contributed by atoms with Crippen molar-refractivity contribution >= 4 is 15.9 Å². The number of likely N-dealkylation sites (tertiary alicyclic amines) is 1. The highest BCUT2D eigenvalue weighted by atomic mass is 32.2. The highest BCUT2D eigenvalue weighted by Crippen LogP contribution is 2.26. The molecule has 1 aromatic heterocycles. The van der Waals surface area contributed by atoms with E-state index >= 15 is 0 Å². The molecule has 1 atom stereocenters. The van der Waals surface area contributed by atoms with Crippen molar-refractivity contribution in [2.24, 2.45) is 5.14 Å². The number of hydrogen-bond donors (Lipinski definition) is 2. The Kier molecular flexibility index (Phi) is 6.38. The number of methoxy groups -OCH3 is 1. The molecule has 2 aromatic rings. The number of primary sulfonamides is 1. The smallest absolute Gasteiger partial charge is 0.255 e. The third kappa shape index (κ3) is 4.73. The van der Waals surface area contributed by atoms with E-state index in [1.807, 2.05) is 12.1 Å². The number of nitrogens with two attached hydrogens (primary N) is 1. The van der Waals surface area contributed by atoms with E-state index in [0.29, 0.717) is 6.54 Å². The van der Waals surface area contributed by atoms with E-state index in [4.69, 9.17) is 14.3 Å². The molecular formula is C19H25N3O5S. The van der Waals surface area contributed by atoms with Crippen molar-refractivity contribution in [3.8, 4) is 5.75 Å². The van der Waals surface area contributed by atoms with Crippen LogP contribution in [-0.4, -0.2) is 46.0 Å². The third-order valence-corrected chi connectivity index (χ3v) is 5.81. The number of amides is 1. The maximum Gasteiger partial charge on any atom is 0.255 e. The average Bonchev–Trinajstić information content (AvgIpc) is 3.22. The molecule has 1 fully saturated rings. The van der Waals surface area contributed by atoms with Crippen LogP contribution in [0.5, 0.6) is 5.75 Å². The lowest BCUT2D eigenvalue weighted by Gasteiger charge is -2.33. The molecule has 1 unspecified atom stereocenters. The fourth-order valence-corrected chi connectivity index (χ4v) is 3.99. The summed E-state index contributed by atoms with van der Waals surface area (Å²) >= 11 is 0. The topological polar surface area (TPSA) is 115 Å². The molecule has 1 saturated heterocycles. The van der Waals surface area contributed by atoms with Crippen molar-refractivity contribution in [3.05, 3.63) is 47.9 Å². The molecule has 28 heavy (non-hydrogen) atoms. The molecule has 1 aliphatic heterocycles. The van der Waals surface area contributed by atoms with Crippen molar-refractivity contribution in [2.75, 3.05) is 26.7 Å². The minimum Gasteiger partial charge on any atom is -0.496 e. The summed E-state index contributed by atoms with van der Waals surface area (Å²) in [6.07, 6.45) is 5.03. The van der Waals surface area contributed by atoms with E-state index in [1.165, 1.54) is 31.7 Å². The van der Waals surface area contributed by atoms with Crippen LogP contribution in [0.1, 0.15) is 41.4 Å². The lowest BCUT2D eigenvalue weighted by Crippen LogP contribution is -2.40. The number of carbonyl (C=O) groups is 1. The Hall–Kier alpha value is -2.36. The Morgan fingerprint density at radius 1 is 1.29 bits per heavy atom. The molecule has 0 bridgehead atoms. The number of rotatable bonds is 7. The number of ether oxygens (including phenoxy) is 1. The van der Waals surface area contributed by atoms with E-state index in [9.17, 15) is 13.2 Å². The molecule has 0 saturated carbocycles. The Balaban J connectivity index is 1.79. The van der Waals surface area contributed by atoms with Crippen LogP contribution in [0.2, 0.25) is 0 Å². The molecule has 8 nitrogen and oxygen atoms in total. The van der Waals surface area contributed by atoms with E-state index in [1.54, 1.807) is 6.26 Å². The molecule has 9 heteroatoms. The summed E-state index contributed by atoms with van der Waals surface area (Å²) in [5.41, 5.74) is 0.117. The Morgan fingerprint density at radius 2 is 2.04 bits per heavy atom. The van der Waals surface area contributed by atoms with Crippen LogP contribution < -0.4 is 15.2 Å². The van der Waals surface area contributed by atoms with Crippen LogP contribution in [-0.2, 0) is 10.0 Å². The predicted molar refractivity (Wildman–Crippen MR) is 104 cm³/mol. The van der Waals surface area contributed by atoms with Gasteiger partial charge in [0.1, 0.15) is 11.5 Å². The van der Waals surface area contributed by atoms with E-state index in [2.05, 4.69) is 10.2 Å². The fourth-order valence-electron chi connectivity index (χ4n) is 3.45. The highest BCUT2D eigenvalue weighted by Gasteiger charge is 2.26. The number of nitrogens with zero attached hydrogens (tertiary/aromatic N) is 1. The van der Waals surface area contributed by atoms with Crippen LogP contribution in [0.3, 0.4) is 0 Å². The van der Waals surface area contributed by atoms with E-state index in [0.717, 1.165) is 31.7 Å². The first-order valence-electron chi connectivity index (χ1n) is 9.16. The number of benzene rings is 1. The standard InChI is InChI=1S/C19H25N3O5S/c1-26-17-8-7-14(28(20,24)25)12-15(17)19(23)21-13-16(18-6-5-11-27-18)22-9-3-2-4-10-22/h5-8,11-12,16H,2-4,9-10,13H2,1H3,(H,21,23)(H2,20,24,25). The van der Waals surface area contributed by atoms with Crippen molar-refractivity contribution in [3.63, 3.8) is 0 Å². The fraction of sp³-hybridized carbons (Fsp3) is 0.421. The summed E-state index contributed by atoms with van der Waals surface area (Å²) < 4.78 is 34.0. The lowest BCUT2D eigenvalue weighted by molar-refractivity contribution is 0.0911. The number of carbonyl (C=O) groups excluding carboxylic acids is 1. The van der Waals surface area contributed by atoms with Gasteiger partial charge in [-0.2, -0.15) is 0 Å². The zero-order chi connectivity index (χ0) is 20.1. The molecule has 3 N–H and O–H groups in total. The minimum absolute atomic E-state index is 0.0910. The summed E-state index contributed by atoms with van der Waals surface area (Å²) in [5.74, 6) is 0.626. The van der Waals surface area contributed by atoms with Gasteiger partial charge in [0.05, 0.1) is 29.9 Å². The molecule has 3 rings (SSSR count). The molecule has 1 aromatic carbocycles. The van der Waals surface area contributed by atoms with Gasteiger partial charge >= 0.3 is 0 Å². The normalized spacial score (nSPS) is 16.5. The highest BCUT2D eigenvalue weighted by molar-refractivity contribution is 7.89. The third-order valence-electron chi connectivity index (χ3n) is 4.90. The van der Waals surface area contributed by atoms with Crippen LogP contribution in [0.25, 0.3) is 0 Å². The van der Waals surface area contributed by atoms with Crippen LogP contribution in [0.15, 0.2) is 45.9 Å². The lowest BCUT2D eigenvalue weighted by atomic mass is 10.1. The Bertz CT molecular complexity index is 906. The zero-order valence-corrected chi connectivity index (χ0v) is 16.6. The van der Waals surface area contributed by atoms with Gasteiger partial charge in [-0.1, -0.05) is 6.42 Å². The van der Waals surface area contributed by atoms with E-state index in [-0.39, 0.29) is 22.3 Å². The van der Waals surface area contributed by atoms with Gasteiger partial charge in [-0.15, -0.1) is 0 Å². The Labute approximate surface area is 164 Å². The second-order valence-electron chi connectivity index (χ2n) is 6.74. The van der Waals surface area contributed by atoms with Gasteiger partial charge in [0.25, 0.3) is 5.91 Å². The molecule has 1 aliphatic rings. The van der Waals surface area contributed by atoms with Gasteiger partial charge in [-0.25, -0.2) is 13.6 Å². The van der Waals surface area contributed by atoms with Gasteiger partial charge < -0.3 is 14.5 Å². The summed E-state index contributed by atoms with van der Waals surface area (Å²) in [6, 6.07) is 7.59. The summed E-state index contributed by atoms with van der Waals surface area (Å²) in [7, 11) is -2.51. The molecule has 1 amide bonds. The quantitative estimate of drug-likeness (QED) is 0.724. The molecule has 2 heterocycles. The molecule has 152 valence electrons. The summed E-state index contributed by atoms with van der Waals surface area (Å²) in [4.78, 5) is 14.9. The first-order chi connectivity index (χ1) is 13.4. The van der Waals surface area contributed by atoms with Crippen molar-refractivity contribution in [1.82, 2.24) is 10.2 Å². The first kappa shape index (κ1) is 20.4. The van der Waals surface area contributed by atoms with Gasteiger partial charge in [-0.05, 0) is 56.3 Å². The van der Waals surface area contributed by atoms with Crippen molar-refractivity contribution in [1.29, 1.82) is 0 Å². The van der Waals surface area contributed by atoms with Gasteiger partial charge in [0.2, 0.25) is 10.0 Å². The molecule has 0 aliphatic carbocycles. The Morgan fingerprint density at radius 3 is 2.64 bits per heavy atom. The SMILES string of the molecule is COc1ccc(S(N)(=O)=O)cc1C(=O)NCC(c1ccco1)N1CCCCC1. The predicted octanol–water partition coefficient (Wildman–Crippen LogP) is 1.89. The molecule has 0 radical (unpaired) electrons. The van der Waals surface area contributed by atoms with E-state index < -0.39 is 15.9 Å². The van der Waals surface area contributed by atoms with Gasteiger partial charge in [0.15, 0.2) is 0 Å². The van der Waals surface area contributed by atoms with Crippen LogP contribution in [0, 0.1) is 0 Å². The van der Waals surface area contributed by atoms with Gasteiger partial charge in [0, 0.05) is 6.54 Å². The number of furan rings is 1. The minimum atomic E-state index is -3.93. The number of nitrogens with one attached hydrogen (secondary N) is 1. The summed E-state index contributed by atoms with van der Waals surface area (Å²) in [5, 5.41) is 8.06. The first-order valence-corrected chi connectivity index (χ1v) is 10.7. The second-order valence-corrected chi connectivity index (χ2v) is 8.31. The zero-order valence-electron chi connectivity index (χ0n) is 15.8. The molecular weight excluding hydrogens is 382 g/mol. The van der Waals surface area contributed by atoms with Gasteiger partial charge in [-0.3, -0.25) is 9.69 Å². The van der Waals surface area contributed by atoms with Crippen molar-refractivity contribution < 1.29 is 22.4 Å². The number of sulfonamides is 1. The largest absolute Gasteiger partial charge is 0.496 e. The van der Waals surface area contributed by atoms with Crippen LogP contribution in [0.4, 0.5) is 0 Å². The molecule has 0 spiro atoms. The number of hydrogen-bond acceptors (Lipinski definition) is 6. The number of piperidine rings is 1. The van der Waals surface area contributed by atoms with Crippen LogP contribution >= 0.6 is 0 Å². The maximum atomic E-state index is 12.8. The summed E-state index contributed by atoms with van der Waals surface area (Å²) in [6.45, 7) is 2.20. The van der Waals surface area contributed by atoms with Crippen molar-refractivity contribution in [2.45, 2.75) is 30.2 Å². The maximum absolute atomic E-state index is 12.8. The average molecular weight is 407 g/mol. The monoisotopic (exact) mass is 407 g/mol. The second kappa shape index (κ2) is 8.76.